The standard InChI is InChI=1S/C17H28N2O2/c1-5-15(18)16(13-6-8-14(20-4)9-7-13)19-10-11-21-17(2,3)12-19/h6-9,15-16H,5,10-12,18H2,1-4H3. The van der Waals surface area contributed by atoms with E-state index in [1.54, 1.807) is 7.11 Å². The molecule has 1 aliphatic heterocycles. The van der Waals surface area contributed by atoms with E-state index < -0.39 is 0 Å². The minimum Gasteiger partial charge on any atom is -0.497 e. The maximum Gasteiger partial charge on any atom is 0.118 e. The minimum absolute atomic E-state index is 0.115. The smallest absolute Gasteiger partial charge is 0.118 e. The summed E-state index contributed by atoms with van der Waals surface area (Å²) in [4.78, 5) is 2.46. The molecule has 2 atom stereocenters. The molecule has 1 aromatic rings. The molecular formula is C17H28N2O2. The maximum absolute atomic E-state index is 6.43. The quantitative estimate of drug-likeness (QED) is 0.906. The van der Waals surface area contributed by atoms with Crippen molar-refractivity contribution in [3.8, 4) is 5.75 Å². The Kier molecular flexibility index (Phi) is 5.25. The van der Waals surface area contributed by atoms with Crippen LogP contribution in [0.5, 0.6) is 5.75 Å². The third kappa shape index (κ3) is 3.96. The number of ether oxygens (including phenoxy) is 2. The second-order valence-electron chi connectivity index (χ2n) is 6.37. The molecule has 0 aromatic heterocycles. The predicted octanol–water partition coefficient (Wildman–Crippen LogP) is 2.58. The van der Waals surface area contributed by atoms with Gasteiger partial charge in [0.25, 0.3) is 0 Å². The van der Waals surface area contributed by atoms with Crippen LogP contribution in [0.4, 0.5) is 0 Å². The Morgan fingerprint density at radius 3 is 2.52 bits per heavy atom. The van der Waals surface area contributed by atoms with Gasteiger partial charge >= 0.3 is 0 Å². The Bertz CT molecular complexity index is 445. The van der Waals surface area contributed by atoms with Crippen molar-refractivity contribution < 1.29 is 9.47 Å². The van der Waals surface area contributed by atoms with Crippen molar-refractivity contribution in [3.05, 3.63) is 29.8 Å². The molecule has 1 aromatic carbocycles. The third-order valence-corrected chi connectivity index (χ3v) is 4.18. The molecule has 4 nitrogen and oxygen atoms in total. The number of nitrogens with zero attached hydrogens (tertiary/aromatic N) is 1. The first-order valence-corrected chi connectivity index (χ1v) is 7.74. The third-order valence-electron chi connectivity index (χ3n) is 4.18. The molecule has 2 unspecified atom stereocenters. The van der Waals surface area contributed by atoms with Crippen LogP contribution in [-0.4, -0.2) is 43.3 Å². The maximum atomic E-state index is 6.43. The van der Waals surface area contributed by atoms with Crippen LogP contribution in [0.1, 0.15) is 38.8 Å². The van der Waals surface area contributed by atoms with E-state index in [0.717, 1.165) is 31.9 Å². The van der Waals surface area contributed by atoms with Gasteiger partial charge in [0.15, 0.2) is 0 Å². The van der Waals surface area contributed by atoms with E-state index in [0.29, 0.717) is 0 Å². The lowest BCUT2D eigenvalue weighted by molar-refractivity contribution is -0.100. The molecule has 118 valence electrons. The molecule has 21 heavy (non-hydrogen) atoms. The van der Waals surface area contributed by atoms with Crippen molar-refractivity contribution in [2.75, 3.05) is 26.8 Å². The monoisotopic (exact) mass is 292 g/mol. The molecule has 0 amide bonds. The molecule has 1 fully saturated rings. The number of nitrogens with two attached hydrogens (primary N) is 1. The molecule has 0 aliphatic carbocycles. The fourth-order valence-electron chi connectivity index (χ4n) is 3.04. The van der Waals surface area contributed by atoms with Crippen LogP contribution in [0.25, 0.3) is 0 Å². The van der Waals surface area contributed by atoms with Gasteiger partial charge in [0, 0.05) is 19.1 Å². The number of hydrogen-bond donors (Lipinski definition) is 1. The van der Waals surface area contributed by atoms with E-state index in [9.17, 15) is 0 Å². The molecule has 1 aliphatic rings. The molecule has 1 saturated heterocycles. The van der Waals surface area contributed by atoms with Crippen LogP contribution in [0, 0.1) is 0 Å². The van der Waals surface area contributed by atoms with E-state index in [4.69, 9.17) is 15.2 Å². The van der Waals surface area contributed by atoms with E-state index in [2.05, 4.69) is 37.8 Å². The second-order valence-corrected chi connectivity index (χ2v) is 6.37. The van der Waals surface area contributed by atoms with Gasteiger partial charge < -0.3 is 15.2 Å². The number of morpholine rings is 1. The van der Waals surface area contributed by atoms with E-state index in [1.807, 2.05) is 12.1 Å². The lowest BCUT2D eigenvalue weighted by atomic mass is 9.94. The first-order chi connectivity index (χ1) is 9.96. The van der Waals surface area contributed by atoms with Gasteiger partial charge in [-0.2, -0.15) is 0 Å². The lowest BCUT2D eigenvalue weighted by Crippen LogP contribution is -2.52. The van der Waals surface area contributed by atoms with Gasteiger partial charge in [0.2, 0.25) is 0 Å². The van der Waals surface area contributed by atoms with Gasteiger partial charge in [-0.3, -0.25) is 4.90 Å². The normalized spacial score (nSPS) is 21.8. The first-order valence-electron chi connectivity index (χ1n) is 7.74. The van der Waals surface area contributed by atoms with Crippen molar-refractivity contribution >= 4 is 0 Å². The molecule has 0 spiro atoms. The van der Waals surface area contributed by atoms with Crippen LogP contribution in [0.2, 0.25) is 0 Å². The highest BCUT2D eigenvalue weighted by Gasteiger charge is 2.34. The van der Waals surface area contributed by atoms with Crippen LogP contribution >= 0.6 is 0 Å². The highest BCUT2D eigenvalue weighted by atomic mass is 16.5. The number of benzene rings is 1. The molecule has 2 rings (SSSR count). The van der Waals surface area contributed by atoms with E-state index in [1.165, 1.54) is 5.56 Å². The van der Waals surface area contributed by atoms with Crippen molar-refractivity contribution in [1.82, 2.24) is 4.90 Å². The summed E-state index contributed by atoms with van der Waals surface area (Å²) in [5.74, 6) is 0.880. The number of hydrogen-bond acceptors (Lipinski definition) is 4. The Labute approximate surface area is 128 Å². The zero-order valence-electron chi connectivity index (χ0n) is 13.6. The summed E-state index contributed by atoms with van der Waals surface area (Å²) in [7, 11) is 1.69. The molecule has 4 heteroatoms. The lowest BCUT2D eigenvalue weighted by Gasteiger charge is -2.44. The summed E-state index contributed by atoms with van der Waals surface area (Å²) >= 11 is 0. The van der Waals surface area contributed by atoms with Crippen LogP contribution in [0.15, 0.2) is 24.3 Å². The Morgan fingerprint density at radius 2 is 2.00 bits per heavy atom. The largest absolute Gasteiger partial charge is 0.497 e. The fourth-order valence-corrected chi connectivity index (χ4v) is 3.04. The van der Waals surface area contributed by atoms with Gasteiger partial charge in [-0.25, -0.2) is 0 Å². The molecule has 0 bridgehead atoms. The topological polar surface area (TPSA) is 47.7 Å². The molecule has 0 saturated carbocycles. The zero-order valence-corrected chi connectivity index (χ0v) is 13.6. The average Bonchev–Trinajstić information content (AvgIpc) is 2.47. The number of rotatable bonds is 5. The van der Waals surface area contributed by atoms with Gasteiger partial charge in [-0.15, -0.1) is 0 Å². The van der Waals surface area contributed by atoms with Gasteiger partial charge in [-0.1, -0.05) is 19.1 Å². The van der Waals surface area contributed by atoms with Gasteiger partial charge in [0.05, 0.1) is 25.4 Å². The predicted molar refractivity (Wildman–Crippen MR) is 85.6 cm³/mol. The second kappa shape index (κ2) is 6.77. The molecule has 2 N–H and O–H groups in total. The molecule has 0 radical (unpaired) electrons. The Balaban J connectivity index is 2.24. The van der Waals surface area contributed by atoms with Gasteiger partial charge in [-0.05, 0) is 38.0 Å². The van der Waals surface area contributed by atoms with Crippen molar-refractivity contribution in [3.63, 3.8) is 0 Å². The SMILES string of the molecule is CCC(N)C(c1ccc(OC)cc1)N1CCOC(C)(C)C1. The Morgan fingerprint density at radius 1 is 1.33 bits per heavy atom. The average molecular weight is 292 g/mol. The first kappa shape index (κ1) is 16.3. The summed E-state index contributed by atoms with van der Waals surface area (Å²) in [6.45, 7) is 9.01. The van der Waals surface area contributed by atoms with Crippen LogP contribution < -0.4 is 10.5 Å². The van der Waals surface area contributed by atoms with E-state index >= 15 is 0 Å². The molecular weight excluding hydrogens is 264 g/mol. The summed E-state index contributed by atoms with van der Waals surface area (Å²) in [6, 6.07) is 8.62. The minimum atomic E-state index is -0.115. The zero-order chi connectivity index (χ0) is 15.5. The summed E-state index contributed by atoms with van der Waals surface area (Å²) < 4.78 is 11.1. The highest BCUT2D eigenvalue weighted by molar-refractivity contribution is 5.30. The van der Waals surface area contributed by atoms with Gasteiger partial charge in [0.1, 0.15) is 5.75 Å². The highest BCUT2D eigenvalue weighted by Crippen LogP contribution is 2.30. The van der Waals surface area contributed by atoms with Crippen LogP contribution in [0.3, 0.4) is 0 Å². The summed E-state index contributed by atoms with van der Waals surface area (Å²) in [5, 5.41) is 0. The summed E-state index contributed by atoms with van der Waals surface area (Å²) in [6.07, 6.45) is 0.953. The Hall–Kier alpha value is -1.10. The van der Waals surface area contributed by atoms with E-state index in [-0.39, 0.29) is 17.7 Å². The van der Waals surface area contributed by atoms with Crippen LogP contribution in [-0.2, 0) is 4.74 Å². The van der Waals surface area contributed by atoms with Crippen molar-refractivity contribution in [2.24, 2.45) is 5.73 Å². The fraction of sp³-hybridized carbons (Fsp3) is 0.647. The summed E-state index contributed by atoms with van der Waals surface area (Å²) in [5.41, 5.74) is 7.56. The molecule has 1 heterocycles. The van der Waals surface area contributed by atoms with Crippen molar-refractivity contribution in [1.29, 1.82) is 0 Å². The van der Waals surface area contributed by atoms with Crippen molar-refractivity contribution in [2.45, 2.75) is 44.9 Å². The number of methoxy groups -OCH3 is 1.